The summed E-state index contributed by atoms with van der Waals surface area (Å²) in [5.41, 5.74) is 0.535. The molecule has 0 N–H and O–H groups in total. The first-order chi connectivity index (χ1) is 11.9. The highest BCUT2D eigenvalue weighted by Crippen LogP contribution is 2.23. The van der Waals surface area contributed by atoms with E-state index in [4.69, 9.17) is 9.47 Å². The minimum atomic E-state index is -0.945. The summed E-state index contributed by atoms with van der Waals surface area (Å²) in [7, 11) is 1.38. The number of carbonyl (C=O) groups is 4. The Labute approximate surface area is 144 Å². The van der Waals surface area contributed by atoms with Crippen LogP contribution in [-0.2, 0) is 14.3 Å². The van der Waals surface area contributed by atoms with Crippen molar-refractivity contribution in [3.63, 3.8) is 0 Å². The molecule has 1 aromatic carbocycles. The molecule has 0 aliphatic carbocycles. The standard InChI is InChI=1S/C17H18N2O6/c1-10(14(20)19-5-7-24-8-6-19)25-17(23)11-3-4-12-13(9-11)16(22)18(2)15(12)21/h3-4,9-10H,5-8H2,1-2H3. The quantitative estimate of drug-likeness (QED) is 0.578. The maximum Gasteiger partial charge on any atom is 0.338 e. The van der Waals surface area contributed by atoms with Crippen molar-refractivity contribution in [3.05, 3.63) is 34.9 Å². The van der Waals surface area contributed by atoms with Gasteiger partial charge < -0.3 is 14.4 Å². The Bertz CT molecular complexity index is 754. The Balaban J connectivity index is 1.71. The average molecular weight is 346 g/mol. The lowest BCUT2D eigenvalue weighted by Crippen LogP contribution is -2.46. The number of rotatable bonds is 3. The summed E-state index contributed by atoms with van der Waals surface area (Å²) >= 11 is 0. The molecule has 0 spiro atoms. The van der Waals surface area contributed by atoms with Crippen LogP contribution in [0.2, 0.25) is 0 Å². The van der Waals surface area contributed by atoms with E-state index < -0.39 is 23.9 Å². The van der Waals surface area contributed by atoms with Crippen LogP contribution in [0.1, 0.15) is 38.0 Å². The number of amides is 3. The first kappa shape index (κ1) is 17.1. The monoisotopic (exact) mass is 346 g/mol. The number of hydrogen-bond acceptors (Lipinski definition) is 6. The van der Waals surface area contributed by atoms with Crippen molar-refractivity contribution in [3.8, 4) is 0 Å². The van der Waals surface area contributed by atoms with Gasteiger partial charge in [0.2, 0.25) is 0 Å². The van der Waals surface area contributed by atoms with Crippen LogP contribution < -0.4 is 0 Å². The molecule has 1 fully saturated rings. The van der Waals surface area contributed by atoms with Gasteiger partial charge in [-0.15, -0.1) is 0 Å². The van der Waals surface area contributed by atoms with Gasteiger partial charge in [0.1, 0.15) is 0 Å². The molecule has 25 heavy (non-hydrogen) atoms. The van der Waals surface area contributed by atoms with E-state index in [-0.39, 0.29) is 22.6 Å². The van der Waals surface area contributed by atoms with E-state index in [2.05, 4.69) is 0 Å². The molecule has 1 unspecified atom stereocenters. The maximum atomic E-state index is 12.3. The number of nitrogens with zero attached hydrogens (tertiary/aromatic N) is 2. The van der Waals surface area contributed by atoms with Gasteiger partial charge in [-0.1, -0.05) is 0 Å². The number of hydrogen-bond donors (Lipinski definition) is 0. The number of ether oxygens (including phenoxy) is 2. The predicted molar refractivity (Wildman–Crippen MR) is 85.1 cm³/mol. The molecular formula is C17H18N2O6. The van der Waals surface area contributed by atoms with Gasteiger partial charge in [0.15, 0.2) is 6.10 Å². The Morgan fingerprint density at radius 1 is 1.12 bits per heavy atom. The van der Waals surface area contributed by atoms with Crippen LogP contribution in [0.3, 0.4) is 0 Å². The number of esters is 1. The predicted octanol–water partition coefficient (Wildman–Crippen LogP) is 0.317. The second kappa shape index (κ2) is 6.64. The fourth-order valence-electron chi connectivity index (χ4n) is 2.81. The van der Waals surface area contributed by atoms with Crippen LogP contribution in [0.4, 0.5) is 0 Å². The number of imide groups is 1. The van der Waals surface area contributed by atoms with E-state index in [0.717, 1.165) is 4.90 Å². The van der Waals surface area contributed by atoms with Crippen LogP contribution in [0.15, 0.2) is 18.2 Å². The molecule has 0 bridgehead atoms. The molecule has 8 heteroatoms. The summed E-state index contributed by atoms with van der Waals surface area (Å²) in [6, 6.07) is 4.16. The second-order valence-electron chi connectivity index (χ2n) is 5.91. The molecule has 8 nitrogen and oxygen atoms in total. The van der Waals surface area contributed by atoms with Crippen molar-refractivity contribution >= 4 is 23.7 Å². The summed E-state index contributed by atoms with van der Waals surface area (Å²) in [5, 5.41) is 0. The third-order valence-corrected chi connectivity index (χ3v) is 4.28. The molecule has 2 heterocycles. The molecule has 1 saturated heterocycles. The van der Waals surface area contributed by atoms with Gasteiger partial charge in [0.05, 0.1) is 29.9 Å². The third-order valence-electron chi connectivity index (χ3n) is 4.28. The Morgan fingerprint density at radius 2 is 1.76 bits per heavy atom. The minimum absolute atomic E-state index is 0.122. The lowest BCUT2D eigenvalue weighted by molar-refractivity contribution is -0.143. The zero-order chi connectivity index (χ0) is 18.1. The normalized spacial score (nSPS) is 18.2. The molecule has 132 valence electrons. The van der Waals surface area contributed by atoms with Gasteiger partial charge in [-0.3, -0.25) is 19.3 Å². The molecule has 1 atom stereocenters. The Kier molecular flexibility index (Phi) is 4.54. The molecule has 3 amide bonds. The van der Waals surface area contributed by atoms with Crippen molar-refractivity contribution in [1.82, 2.24) is 9.80 Å². The first-order valence-electron chi connectivity index (χ1n) is 7.94. The van der Waals surface area contributed by atoms with Gasteiger partial charge in [0, 0.05) is 20.1 Å². The SMILES string of the molecule is CC(OC(=O)c1ccc2c(c1)C(=O)N(C)C2=O)C(=O)N1CCOCC1. The highest BCUT2D eigenvalue weighted by atomic mass is 16.5. The summed E-state index contributed by atoms with van der Waals surface area (Å²) in [6.45, 7) is 3.35. The van der Waals surface area contributed by atoms with Crippen LogP contribution in [-0.4, -0.2) is 72.9 Å². The van der Waals surface area contributed by atoms with Crippen LogP contribution in [0.5, 0.6) is 0 Å². The molecular weight excluding hydrogens is 328 g/mol. The Morgan fingerprint density at radius 3 is 2.44 bits per heavy atom. The Hall–Kier alpha value is -2.74. The van der Waals surface area contributed by atoms with Crippen molar-refractivity contribution in [2.24, 2.45) is 0 Å². The van der Waals surface area contributed by atoms with E-state index in [9.17, 15) is 19.2 Å². The molecule has 1 aromatic rings. The van der Waals surface area contributed by atoms with Crippen molar-refractivity contribution in [2.75, 3.05) is 33.4 Å². The maximum absolute atomic E-state index is 12.3. The molecule has 2 aliphatic rings. The fraction of sp³-hybridized carbons (Fsp3) is 0.412. The molecule has 0 aromatic heterocycles. The molecule has 3 rings (SSSR count). The van der Waals surface area contributed by atoms with Crippen molar-refractivity contribution in [2.45, 2.75) is 13.0 Å². The van der Waals surface area contributed by atoms with Crippen LogP contribution in [0, 0.1) is 0 Å². The third kappa shape index (κ3) is 3.12. The highest BCUT2D eigenvalue weighted by Gasteiger charge is 2.34. The van der Waals surface area contributed by atoms with E-state index in [1.54, 1.807) is 4.90 Å². The lowest BCUT2D eigenvalue weighted by atomic mass is 10.1. The highest BCUT2D eigenvalue weighted by molar-refractivity contribution is 6.21. The summed E-state index contributed by atoms with van der Waals surface area (Å²) in [6.07, 6.45) is -0.945. The molecule has 0 radical (unpaired) electrons. The smallest absolute Gasteiger partial charge is 0.338 e. The summed E-state index contributed by atoms with van der Waals surface area (Å²) < 4.78 is 10.4. The number of carbonyl (C=O) groups excluding carboxylic acids is 4. The second-order valence-corrected chi connectivity index (χ2v) is 5.91. The van der Waals surface area contributed by atoms with Crippen LogP contribution >= 0.6 is 0 Å². The molecule has 0 saturated carbocycles. The van der Waals surface area contributed by atoms with Crippen molar-refractivity contribution in [1.29, 1.82) is 0 Å². The number of fused-ring (bicyclic) bond motifs is 1. The minimum Gasteiger partial charge on any atom is -0.449 e. The topological polar surface area (TPSA) is 93.2 Å². The van der Waals surface area contributed by atoms with Gasteiger partial charge in [-0.25, -0.2) is 4.79 Å². The summed E-state index contributed by atoms with van der Waals surface area (Å²) in [4.78, 5) is 51.0. The van der Waals surface area contributed by atoms with Crippen LogP contribution in [0.25, 0.3) is 0 Å². The first-order valence-corrected chi connectivity index (χ1v) is 7.94. The van der Waals surface area contributed by atoms with Gasteiger partial charge in [0.25, 0.3) is 17.7 Å². The van der Waals surface area contributed by atoms with Gasteiger partial charge in [-0.2, -0.15) is 0 Å². The zero-order valence-corrected chi connectivity index (χ0v) is 14.0. The lowest BCUT2D eigenvalue weighted by Gasteiger charge is -2.28. The number of benzene rings is 1. The number of morpholine rings is 1. The van der Waals surface area contributed by atoms with E-state index >= 15 is 0 Å². The van der Waals surface area contributed by atoms with E-state index in [0.29, 0.717) is 26.3 Å². The van der Waals surface area contributed by atoms with Crippen molar-refractivity contribution < 1.29 is 28.7 Å². The fourth-order valence-corrected chi connectivity index (χ4v) is 2.81. The average Bonchev–Trinajstić information content (AvgIpc) is 2.85. The van der Waals surface area contributed by atoms with Gasteiger partial charge in [-0.05, 0) is 25.1 Å². The molecule has 2 aliphatic heterocycles. The summed E-state index contributed by atoms with van der Waals surface area (Å²) in [5.74, 6) is -1.88. The largest absolute Gasteiger partial charge is 0.449 e. The van der Waals surface area contributed by atoms with Gasteiger partial charge >= 0.3 is 5.97 Å². The van der Waals surface area contributed by atoms with E-state index in [1.807, 2.05) is 0 Å². The zero-order valence-electron chi connectivity index (χ0n) is 14.0. The van der Waals surface area contributed by atoms with E-state index in [1.165, 1.54) is 32.2 Å².